The second-order valence-electron chi connectivity index (χ2n) is 7.98. The predicted molar refractivity (Wildman–Crippen MR) is 106 cm³/mol. The van der Waals surface area contributed by atoms with Crippen molar-refractivity contribution in [2.24, 2.45) is 17.3 Å². The van der Waals surface area contributed by atoms with Gasteiger partial charge in [0.2, 0.25) is 17.7 Å². The average molecular weight is 505 g/mol. The molecule has 180 valence electrons. The van der Waals surface area contributed by atoms with E-state index in [1.165, 1.54) is 18.2 Å². The molecular formula is C22H15ClF6N2O3. The highest BCUT2D eigenvalue weighted by Crippen LogP contribution is 2.60. The van der Waals surface area contributed by atoms with E-state index in [-0.39, 0.29) is 11.6 Å². The summed E-state index contributed by atoms with van der Waals surface area (Å²) in [5, 5.41) is 8.06. The van der Waals surface area contributed by atoms with Gasteiger partial charge in [-0.25, -0.2) is 18.2 Å². The first-order valence-corrected chi connectivity index (χ1v) is 9.97. The van der Waals surface area contributed by atoms with Crippen LogP contribution in [0.15, 0.2) is 41.4 Å². The van der Waals surface area contributed by atoms with E-state index < -0.39 is 63.7 Å². The van der Waals surface area contributed by atoms with Crippen molar-refractivity contribution in [2.75, 3.05) is 0 Å². The summed E-state index contributed by atoms with van der Waals surface area (Å²) < 4.78 is 89.0. The van der Waals surface area contributed by atoms with Crippen LogP contribution in [0.3, 0.4) is 0 Å². The minimum absolute atomic E-state index is 0.171. The van der Waals surface area contributed by atoms with Gasteiger partial charge in [0.1, 0.15) is 16.9 Å². The summed E-state index contributed by atoms with van der Waals surface area (Å²) in [5.41, 5.74) is -1.08. The molecule has 1 aliphatic carbocycles. The highest BCUT2D eigenvalue weighted by molar-refractivity contribution is 6.30. The molecular weight excluding hydrogens is 490 g/mol. The third-order valence-corrected chi connectivity index (χ3v) is 5.64. The fourth-order valence-corrected chi connectivity index (χ4v) is 3.53. The van der Waals surface area contributed by atoms with Crippen LogP contribution in [0.1, 0.15) is 25.6 Å². The van der Waals surface area contributed by atoms with E-state index in [9.17, 15) is 36.4 Å². The Bertz CT molecular complexity index is 1170. The molecule has 1 aliphatic rings. The normalized spacial score (nSPS) is 20.3. The number of esters is 1. The molecule has 3 atom stereocenters. The van der Waals surface area contributed by atoms with Crippen molar-refractivity contribution < 1.29 is 40.6 Å². The zero-order chi connectivity index (χ0) is 25.4. The molecule has 0 aliphatic heterocycles. The maximum Gasteiger partial charge on any atom is 0.426 e. The van der Waals surface area contributed by atoms with Gasteiger partial charge in [-0.05, 0) is 17.4 Å². The molecule has 0 amide bonds. The monoisotopic (exact) mass is 504 g/mol. The minimum Gasteiger partial charge on any atom is -0.440 e. The van der Waals surface area contributed by atoms with Crippen molar-refractivity contribution in [3.8, 4) is 17.7 Å². The fraction of sp³-hybridized carbons (Fsp3) is 0.318. The van der Waals surface area contributed by atoms with Gasteiger partial charge in [-0.2, -0.15) is 18.4 Å². The van der Waals surface area contributed by atoms with Gasteiger partial charge in [-0.1, -0.05) is 37.6 Å². The van der Waals surface area contributed by atoms with Crippen molar-refractivity contribution in [3.05, 3.63) is 64.6 Å². The van der Waals surface area contributed by atoms with Gasteiger partial charge in [0.15, 0.2) is 11.6 Å². The summed E-state index contributed by atoms with van der Waals surface area (Å²) in [4.78, 5) is 16.5. The average Bonchev–Trinajstić information content (AvgIpc) is 3.28. The molecule has 0 radical (unpaired) electrons. The van der Waals surface area contributed by atoms with Gasteiger partial charge < -0.3 is 9.47 Å². The van der Waals surface area contributed by atoms with E-state index in [1.54, 1.807) is 19.9 Å². The molecule has 2 aromatic rings. The first-order valence-electron chi connectivity index (χ1n) is 9.59. The van der Waals surface area contributed by atoms with Crippen LogP contribution < -0.4 is 4.74 Å². The lowest BCUT2D eigenvalue weighted by molar-refractivity contribution is -0.149. The predicted octanol–water partition coefficient (Wildman–Crippen LogP) is 6.36. The molecule has 0 saturated heterocycles. The van der Waals surface area contributed by atoms with Gasteiger partial charge >= 0.3 is 12.1 Å². The van der Waals surface area contributed by atoms with Gasteiger partial charge in [-0.3, -0.25) is 4.79 Å². The number of alkyl halides is 3. The van der Waals surface area contributed by atoms with Crippen molar-refractivity contribution in [2.45, 2.75) is 26.1 Å². The van der Waals surface area contributed by atoms with Gasteiger partial charge in [-0.15, -0.1) is 0 Å². The highest BCUT2D eigenvalue weighted by atomic mass is 35.5. The second-order valence-corrected chi connectivity index (χ2v) is 8.39. The maximum atomic E-state index is 13.8. The van der Waals surface area contributed by atoms with Crippen LogP contribution in [0.5, 0.6) is 11.6 Å². The van der Waals surface area contributed by atoms with Crippen molar-refractivity contribution >= 4 is 17.6 Å². The summed E-state index contributed by atoms with van der Waals surface area (Å²) in [6.07, 6.45) is -5.64. The molecule has 0 N–H and O–H groups in total. The molecule has 1 fully saturated rings. The fourth-order valence-electron chi connectivity index (χ4n) is 3.40. The number of aromatic nitrogens is 1. The standard InChI is InChI=1S/C22H15ClF6N2O3/c1-21(2)11(8-16(23)22(27,28)29)18(21)20(32)33-15(9-30)14-4-3-5-17(31-14)34-19-12(25)6-10(24)7-13(19)26/h3-8,11,15,18H,1-2H3. The molecule has 3 unspecified atom stereocenters. The number of halogens is 7. The maximum absolute atomic E-state index is 13.8. The molecule has 1 heterocycles. The lowest BCUT2D eigenvalue weighted by Gasteiger charge is -2.13. The number of allylic oxidation sites excluding steroid dienone is 2. The number of nitriles is 1. The van der Waals surface area contributed by atoms with Crippen molar-refractivity contribution in [3.63, 3.8) is 0 Å². The van der Waals surface area contributed by atoms with E-state index in [0.29, 0.717) is 12.1 Å². The van der Waals surface area contributed by atoms with Crippen molar-refractivity contribution in [1.29, 1.82) is 5.26 Å². The number of hydrogen-bond acceptors (Lipinski definition) is 5. The van der Waals surface area contributed by atoms with E-state index in [0.717, 1.165) is 6.08 Å². The molecule has 12 heteroatoms. The first-order chi connectivity index (χ1) is 15.8. The molecule has 3 rings (SSSR count). The van der Waals surface area contributed by atoms with Gasteiger partial charge in [0.05, 0.1) is 11.6 Å². The van der Waals surface area contributed by atoms with Gasteiger partial charge in [0, 0.05) is 18.2 Å². The van der Waals surface area contributed by atoms with Gasteiger partial charge in [0.25, 0.3) is 0 Å². The number of pyridine rings is 1. The van der Waals surface area contributed by atoms with E-state index in [4.69, 9.17) is 21.1 Å². The Labute approximate surface area is 194 Å². The quantitative estimate of drug-likeness (QED) is 0.338. The Morgan fingerprint density at radius 2 is 1.85 bits per heavy atom. The number of carbonyl (C=O) groups excluding carboxylic acids is 1. The van der Waals surface area contributed by atoms with Crippen LogP contribution in [0.2, 0.25) is 0 Å². The molecule has 1 saturated carbocycles. The van der Waals surface area contributed by atoms with Crippen LogP contribution in [-0.4, -0.2) is 17.1 Å². The number of hydrogen-bond donors (Lipinski definition) is 0. The Kier molecular flexibility index (Phi) is 6.85. The minimum atomic E-state index is -4.77. The third-order valence-electron chi connectivity index (χ3n) is 5.30. The smallest absolute Gasteiger partial charge is 0.426 e. The zero-order valence-corrected chi connectivity index (χ0v) is 18.2. The van der Waals surface area contributed by atoms with Crippen LogP contribution in [0, 0.1) is 46.0 Å². The highest BCUT2D eigenvalue weighted by Gasteiger charge is 2.62. The summed E-state index contributed by atoms with van der Waals surface area (Å²) in [5.74, 6) is -7.97. The summed E-state index contributed by atoms with van der Waals surface area (Å²) >= 11 is 5.27. The van der Waals surface area contributed by atoms with Crippen LogP contribution in [0.25, 0.3) is 0 Å². The molecule has 1 aromatic carbocycles. The summed E-state index contributed by atoms with van der Waals surface area (Å²) in [6, 6.07) is 6.22. The van der Waals surface area contributed by atoms with Crippen molar-refractivity contribution in [1.82, 2.24) is 4.98 Å². The largest absolute Gasteiger partial charge is 0.440 e. The Balaban J connectivity index is 1.77. The van der Waals surface area contributed by atoms with Crippen LogP contribution in [-0.2, 0) is 9.53 Å². The van der Waals surface area contributed by atoms with Crippen LogP contribution >= 0.6 is 11.6 Å². The molecule has 0 spiro atoms. The number of benzene rings is 1. The Morgan fingerprint density at radius 1 is 1.24 bits per heavy atom. The molecule has 34 heavy (non-hydrogen) atoms. The topological polar surface area (TPSA) is 72.2 Å². The van der Waals surface area contributed by atoms with E-state index >= 15 is 0 Å². The van der Waals surface area contributed by atoms with E-state index in [1.807, 2.05) is 0 Å². The lowest BCUT2D eigenvalue weighted by Crippen LogP contribution is -2.15. The van der Waals surface area contributed by atoms with Crippen LogP contribution in [0.4, 0.5) is 26.3 Å². The molecule has 1 aromatic heterocycles. The lowest BCUT2D eigenvalue weighted by atomic mass is 10.1. The second kappa shape index (κ2) is 9.18. The molecule has 0 bridgehead atoms. The summed E-state index contributed by atoms with van der Waals surface area (Å²) in [6.45, 7) is 3.08. The zero-order valence-electron chi connectivity index (χ0n) is 17.5. The number of ether oxygens (including phenoxy) is 2. The first kappa shape index (κ1) is 25.4. The van der Waals surface area contributed by atoms with E-state index in [2.05, 4.69) is 4.98 Å². The number of carbonyl (C=O) groups is 1. The SMILES string of the molecule is CC1(C)C(C=C(Cl)C(F)(F)F)C1C(=O)OC(C#N)c1cccc(Oc2c(F)cc(F)cc2F)n1. The third kappa shape index (κ3) is 5.28. The number of rotatable bonds is 6. The Morgan fingerprint density at radius 3 is 2.41 bits per heavy atom. The summed E-state index contributed by atoms with van der Waals surface area (Å²) in [7, 11) is 0. The molecule has 5 nitrogen and oxygen atoms in total. The number of nitrogens with zero attached hydrogens (tertiary/aromatic N) is 2. The Hall–Kier alpha value is -3.26.